The molecule has 1 aliphatic rings. The minimum absolute atomic E-state index is 0.582. The molecular weight excluding hydrogens is 360 g/mol. The van der Waals surface area contributed by atoms with Crippen LogP contribution < -0.4 is 10.5 Å². The highest BCUT2D eigenvalue weighted by Crippen LogP contribution is 2.45. The highest BCUT2D eigenvalue weighted by molar-refractivity contribution is 9.11. The van der Waals surface area contributed by atoms with E-state index >= 15 is 0 Å². The largest absolute Gasteiger partial charge is 0.495 e. The number of methoxy groups -OCH3 is 1. The fourth-order valence-corrected chi connectivity index (χ4v) is 3.56. The van der Waals surface area contributed by atoms with Crippen molar-refractivity contribution < 1.29 is 4.74 Å². The summed E-state index contributed by atoms with van der Waals surface area (Å²) in [6, 6.07) is 3.92. The Balaban J connectivity index is 2.37. The SMILES string of the molecule is COc1c(Br)cc(Br)c2nc(C3CC3)cc(N)c12. The number of pyridine rings is 1. The fraction of sp³-hybridized carbons (Fsp3) is 0.308. The van der Waals surface area contributed by atoms with Gasteiger partial charge in [-0.2, -0.15) is 0 Å². The van der Waals surface area contributed by atoms with Crippen LogP contribution in [0.2, 0.25) is 0 Å². The van der Waals surface area contributed by atoms with Crippen molar-refractivity contribution >= 4 is 48.5 Å². The van der Waals surface area contributed by atoms with Gasteiger partial charge in [0.2, 0.25) is 0 Å². The number of benzene rings is 1. The lowest BCUT2D eigenvalue weighted by Crippen LogP contribution is -1.98. The van der Waals surface area contributed by atoms with Gasteiger partial charge in [-0.15, -0.1) is 0 Å². The number of hydrogen-bond acceptors (Lipinski definition) is 3. The summed E-state index contributed by atoms with van der Waals surface area (Å²) in [4.78, 5) is 4.72. The van der Waals surface area contributed by atoms with Crippen LogP contribution in [0.1, 0.15) is 24.5 Å². The molecule has 1 saturated carbocycles. The van der Waals surface area contributed by atoms with Crippen LogP contribution in [0.3, 0.4) is 0 Å². The number of nitrogens with two attached hydrogens (primary N) is 1. The van der Waals surface area contributed by atoms with Crippen LogP contribution in [0.15, 0.2) is 21.1 Å². The summed E-state index contributed by atoms with van der Waals surface area (Å²) in [5, 5.41) is 0.864. The second-order valence-corrected chi connectivity index (χ2v) is 6.22. The molecule has 0 bridgehead atoms. The van der Waals surface area contributed by atoms with Crippen LogP contribution in [0, 0.1) is 0 Å². The molecule has 1 aromatic heterocycles. The molecule has 94 valence electrons. The van der Waals surface area contributed by atoms with E-state index in [0.29, 0.717) is 5.92 Å². The zero-order valence-corrected chi connectivity index (χ0v) is 13.0. The number of nitrogens with zero attached hydrogens (tertiary/aromatic N) is 1. The van der Waals surface area contributed by atoms with E-state index in [0.717, 1.165) is 37.0 Å². The Bertz CT molecular complexity index is 639. The van der Waals surface area contributed by atoms with Crippen molar-refractivity contribution in [3.63, 3.8) is 0 Å². The molecule has 5 heteroatoms. The first-order chi connectivity index (χ1) is 8.61. The molecule has 0 atom stereocenters. The third-order valence-corrected chi connectivity index (χ3v) is 4.39. The molecule has 0 radical (unpaired) electrons. The molecule has 2 aromatic rings. The Morgan fingerprint density at radius 1 is 1.28 bits per heavy atom. The second kappa shape index (κ2) is 4.38. The molecular formula is C13H12Br2N2O. The Labute approximate surface area is 122 Å². The van der Waals surface area contributed by atoms with Gasteiger partial charge < -0.3 is 10.5 Å². The Morgan fingerprint density at radius 3 is 2.61 bits per heavy atom. The number of anilines is 1. The second-order valence-electron chi connectivity index (χ2n) is 4.51. The lowest BCUT2D eigenvalue weighted by Gasteiger charge is -2.12. The van der Waals surface area contributed by atoms with Crippen molar-refractivity contribution in [3.05, 3.63) is 26.8 Å². The standard InChI is InChI=1S/C13H12Br2N2O/c1-18-13-8(15)4-7(14)12-11(13)9(16)5-10(17-12)6-2-3-6/h4-6H,2-3H2,1H3,(H2,16,17). The molecule has 1 heterocycles. The number of rotatable bonds is 2. The number of halogens is 2. The van der Waals surface area contributed by atoms with E-state index in [1.54, 1.807) is 7.11 Å². The summed E-state index contributed by atoms with van der Waals surface area (Å²) in [5.74, 6) is 1.32. The molecule has 1 aliphatic carbocycles. The van der Waals surface area contributed by atoms with Crippen LogP contribution in [-0.2, 0) is 0 Å². The third kappa shape index (κ3) is 1.89. The summed E-state index contributed by atoms with van der Waals surface area (Å²) < 4.78 is 7.22. The lowest BCUT2D eigenvalue weighted by molar-refractivity contribution is 0.417. The summed E-state index contributed by atoms with van der Waals surface area (Å²) in [6.45, 7) is 0. The van der Waals surface area contributed by atoms with E-state index in [-0.39, 0.29) is 0 Å². The van der Waals surface area contributed by atoms with Crippen LogP contribution in [0.25, 0.3) is 10.9 Å². The van der Waals surface area contributed by atoms with Crippen molar-refractivity contribution in [1.29, 1.82) is 0 Å². The predicted molar refractivity (Wildman–Crippen MR) is 80.1 cm³/mol. The Morgan fingerprint density at radius 2 is 2.00 bits per heavy atom. The van der Waals surface area contributed by atoms with Gasteiger partial charge in [0.15, 0.2) is 0 Å². The van der Waals surface area contributed by atoms with E-state index in [9.17, 15) is 0 Å². The van der Waals surface area contributed by atoms with Crippen molar-refractivity contribution in [2.75, 3.05) is 12.8 Å². The molecule has 18 heavy (non-hydrogen) atoms. The number of ether oxygens (including phenoxy) is 1. The number of aromatic nitrogens is 1. The van der Waals surface area contributed by atoms with E-state index in [4.69, 9.17) is 15.5 Å². The molecule has 0 amide bonds. The average molecular weight is 372 g/mol. The van der Waals surface area contributed by atoms with Gasteiger partial charge in [-0.05, 0) is 56.8 Å². The summed E-state index contributed by atoms with van der Waals surface area (Å²) in [5.41, 5.74) is 8.86. The predicted octanol–water partition coefficient (Wildman–Crippen LogP) is 4.23. The van der Waals surface area contributed by atoms with Crippen molar-refractivity contribution in [2.45, 2.75) is 18.8 Å². The third-order valence-electron chi connectivity index (χ3n) is 3.19. The summed E-state index contributed by atoms with van der Waals surface area (Å²) in [7, 11) is 1.64. The van der Waals surface area contributed by atoms with Gasteiger partial charge in [0.25, 0.3) is 0 Å². The van der Waals surface area contributed by atoms with Crippen LogP contribution in [0.4, 0.5) is 5.69 Å². The van der Waals surface area contributed by atoms with Crippen molar-refractivity contribution in [3.8, 4) is 5.75 Å². The van der Waals surface area contributed by atoms with Crippen LogP contribution in [-0.4, -0.2) is 12.1 Å². The van der Waals surface area contributed by atoms with Crippen LogP contribution in [0.5, 0.6) is 5.75 Å². The van der Waals surface area contributed by atoms with E-state index in [2.05, 4.69) is 31.9 Å². The van der Waals surface area contributed by atoms with Crippen molar-refractivity contribution in [2.24, 2.45) is 0 Å². The quantitative estimate of drug-likeness (QED) is 0.859. The highest BCUT2D eigenvalue weighted by atomic mass is 79.9. The summed E-state index contributed by atoms with van der Waals surface area (Å²) in [6.07, 6.45) is 2.42. The smallest absolute Gasteiger partial charge is 0.144 e. The van der Waals surface area contributed by atoms with Crippen LogP contribution >= 0.6 is 31.9 Å². The first-order valence-corrected chi connectivity index (χ1v) is 7.32. The van der Waals surface area contributed by atoms with E-state index in [1.807, 2.05) is 12.1 Å². The molecule has 1 aromatic carbocycles. The normalized spacial score (nSPS) is 15.1. The van der Waals surface area contributed by atoms with E-state index < -0.39 is 0 Å². The average Bonchev–Trinajstić information content (AvgIpc) is 3.14. The van der Waals surface area contributed by atoms with Gasteiger partial charge >= 0.3 is 0 Å². The number of nitrogen functional groups attached to an aromatic ring is 1. The summed E-state index contributed by atoms with van der Waals surface area (Å²) >= 11 is 7.03. The molecule has 1 fully saturated rings. The maximum absolute atomic E-state index is 6.18. The van der Waals surface area contributed by atoms with Gasteiger partial charge in [-0.1, -0.05) is 0 Å². The molecule has 0 aliphatic heterocycles. The zero-order valence-electron chi connectivity index (χ0n) is 9.84. The first-order valence-electron chi connectivity index (χ1n) is 5.74. The molecule has 0 unspecified atom stereocenters. The first kappa shape index (κ1) is 12.2. The molecule has 2 N–H and O–H groups in total. The van der Waals surface area contributed by atoms with E-state index in [1.165, 1.54) is 12.8 Å². The topological polar surface area (TPSA) is 48.1 Å². The zero-order chi connectivity index (χ0) is 12.9. The van der Waals surface area contributed by atoms with Gasteiger partial charge in [-0.3, -0.25) is 4.98 Å². The molecule has 3 rings (SSSR count). The monoisotopic (exact) mass is 370 g/mol. The van der Waals surface area contributed by atoms with Gasteiger partial charge in [0, 0.05) is 21.8 Å². The Kier molecular flexibility index (Phi) is 2.98. The molecule has 0 spiro atoms. The Hall–Kier alpha value is -0.810. The minimum Gasteiger partial charge on any atom is -0.495 e. The maximum atomic E-state index is 6.18. The van der Waals surface area contributed by atoms with Gasteiger partial charge in [0.1, 0.15) is 5.75 Å². The fourth-order valence-electron chi connectivity index (χ4n) is 2.15. The number of hydrogen-bond donors (Lipinski definition) is 1. The lowest BCUT2D eigenvalue weighted by atomic mass is 10.1. The van der Waals surface area contributed by atoms with Gasteiger partial charge in [0.05, 0.1) is 22.5 Å². The number of fused-ring (bicyclic) bond motifs is 1. The van der Waals surface area contributed by atoms with Crippen molar-refractivity contribution in [1.82, 2.24) is 4.98 Å². The van der Waals surface area contributed by atoms with Gasteiger partial charge in [-0.25, -0.2) is 0 Å². The highest BCUT2D eigenvalue weighted by Gasteiger charge is 2.27. The molecule has 0 saturated heterocycles. The minimum atomic E-state index is 0.582. The molecule has 3 nitrogen and oxygen atoms in total. The maximum Gasteiger partial charge on any atom is 0.144 e.